The van der Waals surface area contributed by atoms with Crippen molar-refractivity contribution in [2.24, 2.45) is 0 Å². The maximum Gasteiger partial charge on any atom is 0.229 e. The number of aryl methyl sites for hydroxylation is 1. The number of hydrogen-bond donors (Lipinski definition) is 1. The highest BCUT2D eigenvalue weighted by Gasteiger charge is 2.13. The highest BCUT2D eigenvalue weighted by molar-refractivity contribution is 6.31. The first kappa shape index (κ1) is 15.4. The van der Waals surface area contributed by atoms with Crippen LogP contribution in [0.1, 0.15) is 11.1 Å². The summed E-state index contributed by atoms with van der Waals surface area (Å²) in [7, 11) is 1.55. The number of anilines is 1. The fourth-order valence-electron chi connectivity index (χ4n) is 2.48. The molecule has 0 saturated carbocycles. The van der Waals surface area contributed by atoms with Crippen molar-refractivity contribution >= 4 is 34.2 Å². The average molecular weight is 330 g/mol. The van der Waals surface area contributed by atoms with Crippen LogP contribution in [0.4, 0.5) is 5.69 Å². The van der Waals surface area contributed by atoms with Crippen LogP contribution in [0, 0.1) is 6.92 Å². The molecule has 0 bridgehead atoms. The second kappa shape index (κ2) is 6.34. The number of halogens is 1. The molecule has 0 fully saturated rings. The summed E-state index contributed by atoms with van der Waals surface area (Å²) in [6.45, 7) is 2.01. The molecule has 0 aliphatic carbocycles. The second-order valence-corrected chi connectivity index (χ2v) is 5.77. The number of carbonyl (C=O) groups excluding carboxylic acids is 1. The normalized spacial score (nSPS) is 10.7. The number of carbonyl (C=O) groups is 1. The Labute approximate surface area is 139 Å². The molecular weight excluding hydrogens is 314 g/mol. The molecule has 1 N–H and O–H groups in total. The van der Waals surface area contributed by atoms with E-state index in [1.54, 1.807) is 31.6 Å². The number of amides is 1. The van der Waals surface area contributed by atoms with Crippen LogP contribution in [0.5, 0.6) is 5.75 Å². The lowest BCUT2D eigenvalue weighted by Crippen LogP contribution is -2.14. The maximum atomic E-state index is 12.3. The topological polar surface area (TPSA) is 51.5 Å². The smallest absolute Gasteiger partial charge is 0.229 e. The molecule has 0 atom stereocenters. The van der Waals surface area contributed by atoms with Crippen LogP contribution in [-0.4, -0.2) is 13.0 Å². The van der Waals surface area contributed by atoms with Crippen molar-refractivity contribution < 1.29 is 13.9 Å². The zero-order valence-electron chi connectivity index (χ0n) is 12.9. The molecular formula is C18H16ClNO3. The molecule has 0 unspecified atom stereocenters. The largest absolute Gasteiger partial charge is 0.495 e. The van der Waals surface area contributed by atoms with Crippen LogP contribution in [0.25, 0.3) is 11.0 Å². The molecule has 1 heterocycles. The van der Waals surface area contributed by atoms with E-state index in [0.717, 1.165) is 22.1 Å². The number of fused-ring (bicyclic) bond motifs is 1. The minimum absolute atomic E-state index is 0.158. The molecule has 4 nitrogen and oxygen atoms in total. The van der Waals surface area contributed by atoms with E-state index in [4.69, 9.17) is 20.8 Å². The summed E-state index contributed by atoms with van der Waals surface area (Å²) in [4.78, 5) is 12.3. The van der Waals surface area contributed by atoms with Gasteiger partial charge in [0.25, 0.3) is 0 Å². The molecule has 0 spiro atoms. The van der Waals surface area contributed by atoms with E-state index in [1.807, 2.05) is 25.1 Å². The number of rotatable bonds is 4. The van der Waals surface area contributed by atoms with Crippen molar-refractivity contribution in [3.63, 3.8) is 0 Å². The minimum Gasteiger partial charge on any atom is -0.495 e. The zero-order chi connectivity index (χ0) is 16.4. The number of methoxy groups -OCH3 is 1. The van der Waals surface area contributed by atoms with Crippen molar-refractivity contribution in [2.75, 3.05) is 12.4 Å². The molecule has 118 valence electrons. The maximum absolute atomic E-state index is 12.3. The lowest BCUT2D eigenvalue weighted by molar-refractivity contribution is -0.115. The van der Waals surface area contributed by atoms with Crippen molar-refractivity contribution in [3.05, 3.63) is 58.8 Å². The first-order chi connectivity index (χ1) is 11.1. The van der Waals surface area contributed by atoms with Gasteiger partial charge >= 0.3 is 0 Å². The number of nitrogens with one attached hydrogen (secondary N) is 1. The Bertz CT molecular complexity index is 870. The first-order valence-electron chi connectivity index (χ1n) is 7.17. The van der Waals surface area contributed by atoms with E-state index in [2.05, 4.69) is 5.32 Å². The molecule has 3 aromatic rings. The quantitative estimate of drug-likeness (QED) is 0.762. The third kappa shape index (κ3) is 3.32. The third-order valence-electron chi connectivity index (χ3n) is 3.60. The van der Waals surface area contributed by atoms with Crippen LogP contribution in [0.3, 0.4) is 0 Å². The van der Waals surface area contributed by atoms with Gasteiger partial charge in [-0.15, -0.1) is 0 Å². The summed E-state index contributed by atoms with van der Waals surface area (Å²) in [5.74, 6) is 0.408. The number of hydrogen-bond acceptors (Lipinski definition) is 3. The lowest BCUT2D eigenvalue weighted by Gasteiger charge is -2.10. The monoisotopic (exact) mass is 329 g/mol. The molecule has 1 amide bonds. The molecule has 0 radical (unpaired) electrons. The average Bonchev–Trinajstić information content (AvgIpc) is 2.90. The predicted molar refractivity (Wildman–Crippen MR) is 91.3 cm³/mol. The van der Waals surface area contributed by atoms with E-state index < -0.39 is 0 Å². The standard InChI is InChI=1S/C18H16ClNO3/c1-11-3-5-16-14(7-11)12(10-23-16)8-18(21)20-15-9-13(19)4-6-17(15)22-2/h3-7,9-10H,8H2,1-2H3,(H,20,21). The van der Waals surface area contributed by atoms with Crippen LogP contribution in [0.15, 0.2) is 47.1 Å². The summed E-state index contributed by atoms with van der Waals surface area (Å²) in [6.07, 6.45) is 1.84. The van der Waals surface area contributed by atoms with Crippen molar-refractivity contribution in [1.82, 2.24) is 0 Å². The summed E-state index contributed by atoms with van der Waals surface area (Å²) in [5, 5.41) is 4.32. The summed E-state index contributed by atoms with van der Waals surface area (Å²) >= 11 is 5.97. The van der Waals surface area contributed by atoms with Gasteiger partial charge in [0, 0.05) is 16.0 Å². The van der Waals surface area contributed by atoms with Gasteiger partial charge < -0.3 is 14.5 Å². The Hall–Kier alpha value is -2.46. The Morgan fingerprint density at radius 1 is 1.26 bits per heavy atom. The predicted octanol–water partition coefficient (Wildman–Crippen LogP) is 4.58. The molecule has 5 heteroatoms. The second-order valence-electron chi connectivity index (χ2n) is 5.33. The molecule has 2 aromatic carbocycles. The fourth-order valence-corrected chi connectivity index (χ4v) is 2.65. The summed E-state index contributed by atoms with van der Waals surface area (Å²) in [5.41, 5.74) is 3.30. The molecule has 0 saturated heterocycles. The van der Waals surface area contributed by atoms with E-state index in [-0.39, 0.29) is 12.3 Å². The highest BCUT2D eigenvalue weighted by Crippen LogP contribution is 2.28. The van der Waals surface area contributed by atoms with Gasteiger partial charge in [-0.25, -0.2) is 0 Å². The first-order valence-corrected chi connectivity index (χ1v) is 7.55. The van der Waals surface area contributed by atoms with Gasteiger partial charge in [-0.1, -0.05) is 23.2 Å². The Morgan fingerprint density at radius 2 is 2.09 bits per heavy atom. The number of benzene rings is 2. The van der Waals surface area contributed by atoms with Crippen LogP contribution >= 0.6 is 11.6 Å². The lowest BCUT2D eigenvalue weighted by atomic mass is 10.1. The van der Waals surface area contributed by atoms with Crippen molar-refractivity contribution in [1.29, 1.82) is 0 Å². The SMILES string of the molecule is COc1ccc(Cl)cc1NC(=O)Cc1coc2ccc(C)cc12. The molecule has 23 heavy (non-hydrogen) atoms. The van der Waals surface area contributed by atoms with Crippen LogP contribution in [0.2, 0.25) is 5.02 Å². The minimum atomic E-state index is -0.158. The molecule has 3 rings (SSSR count). The molecule has 0 aliphatic rings. The van der Waals surface area contributed by atoms with E-state index in [1.165, 1.54) is 0 Å². The third-order valence-corrected chi connectivity index (χ3v) is 3.83. The van der Waals surface area contributed by atoms with Crippen molar-refractivity contribution in [2.45, 2.75) is 13.3 Å². The van der Waals surface area contributed by atoms with E-state index >= 15 is 0 Å². The Balaban J connectivity index is 1.81. The van der Waals surface area contributed by atoms with Gasteiger partial charge in [0.2, 0.25) is 5.91 Å². The summed E-state index contributed by atoms with van der Waals surface area (Å²) in [6, 6.07) is 11.0. The van der Waals surface area contributed by atoms with Gasteiger partial charge in [0.1, 0.15) is 11.3 Å². The van der Waals surface area contributed by atoms with Crippen molar-refractivity contribution in [3.8, 4) is 5.75 Å². The van der Waals surface area contributed by atoms with E-state index in [0.29, 0.717) is 16.5 Å². The molecule has 1 aromatic heterocycles. The Morgan fingerprint density at radius 3 is 2.87 bits per heavy atom. The van der Waals surface area contributed by atoms with E-state index in [9.17, 15) is 4.79 Å². The highest BCUT2D eigenvalue weighted by atomic mass is 35.5. The fraction of sp³-hybridized carbons (Fsp3) is 0.167. The zero-order valence-corrected chi connectivity index (χ0v) is 13.6. The van der Waals surface area contributed by atoms with Gasteiger partial charge in [-0.2, -0.15) is 0 Å². The van der Waals surface area contributed by atoms with Gasteiger partial charge in [-0.05, 0) is 37.3 Å². The van der Waals surface area contributed by atoms with Crippen LogP contribution in [-0.2, 0) is 11.2 Å². The van der Waals surface area contributed by atoms with Gasteiger partial charge in [0.15, 0.2) is 0 Å². The Kier molecular flexibility index (Phi) is 4.26. The summed E-state index contributed by atoms with van der Waals surface area (Å²) < 4.78 is 10.7. The van der Waals surface area contributed by atoms with Crippen LogP contribution < -0.4 is 10.1 Å². The molecule has 0 aliphatic heterocycles. The number of furan rings is 1. The number of ether oxygens (including phenoxy) is 1. The van der Waals surface area contributed by atoms with Gasteiger partial charge in [0.05, 0.1) is 25.5 Å². The van der Waals surface area contributed by atoms with Gasteiger partial charge in [-0.3, -0.25) is 4.79 Å².